The Bertz CT molecular complexity index is 861. The fourth-order valence-corrected chi connectivity index (χ4v) is 1.93. The van der Waals surface area contributed by atoms with Crippen LogP contribution >= 0.6 is 0 Å². The van der Waals surface area contributed by atoms with Gasteiger partial charge in [-0.05, 0) is 11.6 Å². The zero-order valence-electron chi connectivity index (χ0n) is 13.3. The molecule has 14 nitrogen and oxygen atoms in total. The first-order valence-corrected chi connectivity index (χ1v) is 7.04. The number of azide groups is 1. The summed E-state index contributed by atoms with van der Waals surface area (Å²) in [4.78, 5) is 62.7. The van der Waals surface area contributed by atoms with Gasteiger partial charge in [0.05, 0.1) is 4.92 Å². The summed E-state index contributed by atoms with van der Waals surface area (Å²) < 4.78 is 8.92. The first-order valence-electron chi connectivity index (χ1n) is 7.04. The van der Waals surface area contributed by atoms with Gasteiger partial charge in [0.15, 0.2) is 0 Å². The number of benzene rings is 1. The van der Waals surface area contributed by atoms with E-state index >= 15 is 0 Å². The highest BCUT2D eigenvalue weighted by atomic mass is 16.9. The highest BCUT2D eigenvalue weighted by Gasteiger charge is 2.33. The number of ether oxygens (including phenoxy) is 2. The van der Waals surface area contributed by atoms with Crippen molar-refractivity contribution in [3.8, 4) is 0 Å². The van der Waals surface area contributed by atoms with Crippen molar-refractivity contribution in [3.63, 3.8) is 0 Å². The Balaban J connectivity index is 1.94. The summed E-state index contributed by atoms with van der Waals surface area (Å²) in [5.41, 5.74) is 7.04. The van der Waals surface area contributed by atoms with Crippen LogP contribution in [0.1, 0.15) is 23.2 Å². The van der Waals surface area contributed by atoms with E-state index in [4.69, 9.17) is 5.53 Å². The van der Waals surface area contributed by atoms with Gasteiger partial charge in [-0.15, -0.1) is 0 Å². The number of carbonyl (C=O) groups is 4. The molecule has 0 radical (unpaired) electrons. The molecule has 2 rings (SSSR count). The van der Waals surface area contributed by atoms with E-state index in [9.17, 15) is 29.3 Å². The number of carbonyl (C=O) groups excluding carboxylic acids is 4. The monoisotopic (exact) mass is 379 g/mol. The van der Waals surface area contributed by atoms with Crippen molar-refractivity contribution in [2.75, 3.05) is 6.79 Å². The fourth-order valence-electron chi connectivity index (χ4n) is 1.93. The number of hydrogen-bond acceptors (Lipinski definition) is 10. The maximum atomic E-state index is 11.9. The topological polar surface area (TPSA) is 191 Å². The van der Waals surface area contributed by atoms with Gasteiger partial charge in [-0.25, -0.2) is 9.59 Å². The molecule has 0 N–H and O–H groups in total. The molecule has 140 valence electrons. The number of amides is 2. The molecule has 2 amide bonds. The van der Waals surface area contributed by atoms with Crippen LogP contribution in [0.2, 0.25) is 0 Å². The molecular formula is C13H9N5O9. The van der Waals surface area contributed by atoms with Crippen LogP contribution in [0, 0.1) is 10.1 Å². The van der Waals surface area contributed by atoms with Crippen LogP contribution in [0.4, 0.5) is 16.2 Å². The summed E-state index contributed by atoms with van der Waals surface area (Å²) in [7, 11) is 0. The van der Waals surface area contributed by atoms with Crippen molar-refractivity contribution >= 4 is 35.3 Å². The smallest absolute Gasteiger partial charge is 0.424 e. The predicted molar refractivity (Wildman–Crippen MR) is 80.8 cm³/mol. The maximum absolute atomic E-state index is 11.9. The second-order valence-corrected chi connectivity index (χ2v) is 4.77. The number of hydrogen-bond donors (Lipinski definition) is 0. The number of hydroxylamine groups is 2. The molecule has 27 heavy (non-hydrogen) atoms. The molecule has 1 aliphatic rings. The normalized spacial score (nSPS) is 13.0. The summed E-state index contributed by atoms with van der Waals surface area (Å²) in [6.07, 6.45) is -1.72. The van der Waals surface area contributed by atoms with E-state index in [0.29, 0.717) is 0 Å². The number of rotatable bonds is 6. The van der Waals surface area contributed by atoms with Crippen LogP contribution in [-0.2, 0) is 23.9 Å². The van der Waals surface area contributed by atoms with Gasteiger partial charge in [-0.1, -0.05) is 16.2 Å². The van der Waals surface area contributed by atoms with Gasteiger partial charge in [0.1, 0.15) is 5.56 Å². The summed E-state index contributed by atoms with van der Waals surface area (Å²) >= 11 is 0. The van der Waals surface area contributed by atoms with E-state index in [2.05, 4.69) is 24.3 Å². The average molecular weight is 379 g/mol. The van der Waals surface area contributed by atoms with Gasteiger partial charge in [-0.3, -0.25) is 24.5 Å². The molecule has 0 aromatic heterocycles. The zero-order valence-corrected chi connectivity index (χ0v) is 13.3. The molecule has 1 fully saturated rings. The van der Waals surface area contributed by atoms with Gasteiger partial charge in [0, 0.05) is 29.5 Å². The summed E-state index contributed by atoms with van der Waals surface area (Å²) in [6.45, 7) is -0.997. The zero-order chi connectivity index (χ0) is 20.0. The lowest BCUT2D eigenvalue weighted by molar-refractivity contribution is -0.385. The quantitative estimate of drug-likeness (QED) is 0.104. The Morgan fingerprint density at radius 1 is 1.26 bits per heavy atom. The van der Waals surface area contributed by atoms with E-state index in [-0.39, 0.29) is 23.6 Å². The average Bonchev–Trinajstić information content (AvgIpc) is 2.93. The number of imide groups is 1. The highest BCUT2D eigenvalue weighted by Crippen LogP contribution is 2.25. The molecule has 0 bridgehead atoms. The van der Waals surface area contributed by atoms with E-state index < -0.39 is 46.9 Å². The maximum Gasteiger partial charge on any atom is 0.536 e. The summed E-state index contributed by atoms with van der Waals surface area (Å²) in [6, 6.07) is 2.99. The molecule has 1 saturated heterocycles. The van der Waals surface area contributed by atoms with Gasteiger partial charge in [-0.2, -0.15) is 0 Å². The van der Waals surface area contributed by atoms with Crippen molar-refractivity contribution in [3.05, 3.63) is 44.3 Å². The Labute approximate surface area is 148 Å². The van der Waals surface area contributed by atoms with Crippen LogP contribution in [0.5, 0.6) is 0 Å². The molecule has 1 heterocycles. The third-order valence-electron chi connectivity index (χ3n) is 3.10. The van der Waals surface area contributed by atoms with E-state index in [1.807, 2.05) is 0 Å². The Morgan fingerprint density at radius 3 is 2.52 bits per heavy atom. The molecular weight excluding hydrogens is 370 g/mol. The molecule has 0 unspecified atom stereocenters. The van der Waals surface area contributed by atoms with E-state index in [1.54, 1.807) is 0 Å². The minimum absolute atomic E-state index is 0.0967. The van der Waals surface area contributed by atoms with Crippen LogP contribution in [0.15, 0.2) is 23.3 Å². The van der Waals surface area contributed by atoms with Gasteiger partial charge in [0.2, 0.25) is 6.79 Å². The molecule has 0 atom stereocenters. The Kier molecular flexibility index (Phi) is 5.86. The van der Waals surface area contributed by atoms with Gasteiger partial charge in [0.25, 0.3) is 17.5 Å². The first-order chi connectivity index (χ1) is 12.8. The fraction of sp³-hybridized carbons (Fsp3) is 0.231. The lowest BCUT2D eigenvalue weighted by Gasteiger charge is -2.12. The highest BCUT2D eigenvalue weighted by molar-refractivity contribution is 6.01. The molecule has 0 aliphatic carbocycles. The predicted octanol–water partition coefficient (Wildman–Crippen LogP) is 1.87. The standard InChI is InChI=1S/C13H9N5O9/c14-16-15-7-1-2-8(9(5-7)18(23)24)12(21)25-6-26-13(22)27-17-10(19)3-4-11(17)20/h1-2,5H,3-4,6H2. The first kappa shape index (κ1) is 19.1. The third kappa shape index (κ3) is 4.67. The van der Waals surface area contributed by atoms with Crippen molar-refractivity contribution in [1.29, 1.82) is 0 Å². The SMILES string of the molecule is [N-]=[N+]=Nc1ccc(C(=O)OCOC(=O)ON2C(=O)CCC2=O)c([N+](=O)[O-])c1. The van der Waals surface area contributed by atoms with Crippen LogP contribution < -0.4 is 0 Å². The minimum atomic E-state index is -1.49. The van der Waals surface area contributed by atoms with Crippen LogP contribution in [0.25, 0.3) is 10.4 Å². The van der Waals surface area contributed by atoms with Crippen molar-refractivity contribution in [2.45, 2.75) is 12.8 Å². The minimum Gasteiger partial charge on any atom is -0.424 e. The second kappa shape index (κ2) is 8.26. The summed E-state index contributed by atoms with van der Waals surface area (Å²) in [5.74, 6) is -2.68. The molecule has 1 aliphatic heterocycles. The van der Waals surface area contributed by atoms with Gasteiger partial charge >= 0.3 is 12.1 Å². The Morgan fingerprint density at radius 2 is 1.93 bits per heavy atom. The molecule has 14 heteroatoms. The molecule has 1 aromatic carbocycles. The number of nitro groups is 1. The molecule has 1 aromatic rings. The number of nitrogens with zero attached hydrogens (tertiary/aromatic N) is 5. The van der Waals surface area contributed by atoms with Gasteiger partial charge < -0.3 is 9.47 Å². The molecule has 0 saturated carbocycles. The Hall–Kier alpha value is -4.19. The van der Waals surface area contributed by atoms with E-state index in [1.165, 1.54) is 0 Å². The van der Waals surface area contributed by atoms with Crippen molar-refractivity contribution < 1.29 is 38.4 Å². The molecule has 0 spiro atoms. The van der Waals surface area contributed by atoms with Crippen molar-refractivity contribution in [2.24, 2.45) is 5.11 Å². The summed E-state index contributed by atoms with van der Waals surface area (Å²) in [5, 5.41) is 14.4. The largest absolute Gasteiger partial charge is 0.536 e. The van der Waals surface area contributed by atoms with Crippen LogP contribution in [-0.4, -0.2) is 40.7 Å². The van der Waals surface area contributed by atoms with E-state index in [0.717, 1.165) is 18.2 Å². The lowest BCUT2D eigenvalue weighted by atomic mass is 10.1. The third-order valence-corrected chi connectivity index (χ3v) is 3.10. The van der Waals surface area contributed by atoms with Crippen molar-refractivity contribution in [1.82, 2.24) is 5.06 Å². The number of esters is 1. The van der Waals surface area contributed by atoms with Crippen LogP contribution in [0.3, 0.4) is 0 Å². The second-order valence-electron chi connectivity index (χ2n) is 4.77. The number of nitro benzene ring substituents is 1. The lowest BCUT2D eigenvalue weighted by Crippen LogP contribution is -2.32.